The Labute approximate surface area is 108 Å². The van der Waals surface area contributed by atoms with Crippen LogP contribution in [-0.4, -0.2) is 29.1 Å². The normalized spacial score (nSPS) is 27.3. The molecule has 1 saturated carbocycles. The van der Waals surface area contributed by atoms with Crippen molar-refractivity contribution in [3.05, 3.63) is 0 Å². The lowest BCUT2D eigenvalue weighted by molar-refractivity contribution is -0.143. The summed E-state index contributed by atoms with van der Waals surface area (Å²) in [6, 6.07) is -0.539. The van der Waals surface area contributed by atoms with Gasteiger partial charge in [0.2, 0.25) is 5.91 Å². The number of carboxylic acids is 1. The Balaban J connectivity index is 2.46. The van der Waals surface area contributed by atoms with Crippen LogP contribution in [0, 0.1) is 11.8 Å². The lowest BCUT2D eigenvalue weighted by atomic mass is 9.85. The third-order valence-electron chi connectivity index (χ3n) is 3.93. The number of rotatable bonds is 5. The fourth-order valence-electron chi connectivity index (χ4n) is 2.35. The average Bonchev–Trinajstić information content (AvgIpc) is 2.37. The molecule has 5 nitrogen and oxygen atoms in total. The summed E-state index contributed by atoms with van der Waals surface area (Å²) in [5, 5.41) is 11.9. The van der Waals surface area contributed by atoms with Gasteiger partial charge in [-0.2, -0.15) is 0 Å². The first kappa shape index (κ1) is 15.0. The van der Waals surface area contributed by atoms with E-state index in [2.05, 4.69) is 5.32 Å². The van der Waals surface area contributed by atoms with Gasteiger partial charge in [-0.1, -0.05) is 26.7 Å². The highest BCUT2D eigenvalue weighted by Gasteiger charge is 2.29. The Hall–Kier alpha value is -1.10. The zero-order chi connectivity index (χ0) is 13.7. The molecule has 0 radical (unpaired) electrons. The number of aliphatic carboxylic acids is 1. The lowest BCUT2D eigenvalue weighted by Gasteiger charge is -2.29. The maximum absolute atomic E-state index is 11.9. The lowest BCUT2D eigenvalue weighted by Crippen LogP contribution is -2.49. The number of nitrogens with one attached hydrogen (secondary N) is 1. The summed E-state index contributed by atoms with van der Waals surface area (Å²) in [5.74, 6) is -1.10. The Morgan fingerprint density at radius 1 is 1.44 bits per heavy atom. The van der Waals surface area contributed by atoms with Gasteiger partial charge in [0.05, 0.1) is 12.0 Å². The zero-order valence-electron chi connectivity index (χ0n) is 11.2. The Morgan fingerprint density at radius 3 is 2.67 bits per heavy atom. The van der Waals surface area contributed by atoms with Crippen molar-refractivity contribution in [1.82, 2.24) is 5.32 Å². The maximum Gasteiger partial charge on any atom is 0.306 e. The Bertz CT molecular complexity index is 307. The maximum atomic E-state index is 11.9. The summed E-state index contributed by atoms with van der Waals surface area (Å²) in [7, 11) is 0. The summed E-state index contributed by atoms with van der Waals surface area (Å²) in [6.07, 6.45) is 3.79. The second-order valence-electron chi connectivity index (χ2n) is 5.32. The molecule has 0 aliphatic heterocycles. The van der Waals surface area contributed by atoms with Gasteiger partial charge < -0.3 is 16.2 Å². The second kappa shape index (κ2) is 6.73. The first-order valence-corrected chi connectivity index (χ1v) is 6.74. The molecule has 1 aliphatic carbocycles. The fraction of sp³-hybridized carbons (Fsp3) is 0.846. The Kier molecular flexibility index (Phi) is 5.59. The van der Waals surface area contributed by atoms with Crippen molar-refractivity contribution in [2.24, 2.45) is 17.6 Å². The predicted octanol–water partition coefficient (Wildman–Crippen LogP) is 1.12. The molecule has 0 aromatic rings. The van der Waals surface area contributed by atoms with Crippen LogP contribution >= 0.6 is 0 Å². The molecule has 0 spiro atoms. The van der Waals surface area contributed by atoms with Gasteiger partial charge in [0, 0.05) is 6.04 Å². The van der Waals surface area contributed by atoms with E-state index in [-0.39, 0.29) is 23.8 Å². The van der Waals surface area contributed by atoms with Crippen LogP contribution in [0.5, 0.6) is 0 Å². The molecule has 0 bridgehead atoms. The zero-order valence-corrected chi connectivity index (χ0v) is 11.2. The number of hydrogen-bond donors (Lipinski definition) is 3. The molecule has 5 heteroatoms. The molecule has 0 aromatic carbocycles. The standard InChI is InChI=1S/C13H24N2O3/c1-3-8(2)11(14)12(16)15-10-6-4-5-9(7-10)13(17)18/h8-11H,3-7,14H2,1-2H3,(H,15,16)(H,17,18)/t8-,9?,10?,11-/m0/s1. The van der Waals surface area contributed by atoms with Crippen LogP contribution in [0.4, 0.5) is 0 Å². The molecular formula is C13H24N2O3. The molecule has 1 fully saturated rings. The van der Waals surface area contributed by atoms with E-state index in [1.54, 1.807) is 0 Å². The van der Waals surface area contributed by atoms with Gasteiger partial charge in [-0.3, -0.25) is 9.59 Å². The molecule has 104 valence electrons. The number of amides is 1. The summed E-state index contributed by atoms with van der Waals surface area (Å²) in [5.41, 5.74) is 5.85. The smallest absolute Gasteiger partial charge is 0.306 e. The van der Waals surface area contributed by atoms with Crippen LogP contribution in [0.25, 0.3) is 0 Å². The van der Waals surface area contributed by atoms with Crippen molar-refractivity contribution in [2.45, 2.75) is 58.0 Å². The fourth-order valence-corrected chi connectivity index (χ4v) is 2.35. The highest BCUT2D eigenvalue weighted by molar-refractivity contribution is 5.82. The summed E-state index contributed by atoms with van der Waals surface area (Å²) < 4.78 is 0. The molecule has 18 heavy (non-hydrogen) atoms. The second-order valence-corrected chi connectivity index (χ2v) is 5.32. The van der Waals surface area contributed by atoms with E-state index in [0.717, 1.165) is 19.3 Å². The van der Waals surface area contributed by atoms with Crippen molar-refractivity contribution in [3.8, 4) is 0 Å². The van der Waals surface area contributed by atoms with Crippen molar-refractivity contribution >= 4 is 11.9 Å². The molecule has 4 atom stereocenters. The number of carbonyl (C=O) groups excluding carboxylic acids is 1. The predicted molar refractivity (Wildman–Crippen MR) is 69.0 cm³/mol. The van der Waals surface area contributed by atoms with E-state index in [4.69, 9.17) is 10.8 Å². The molecule has 2 unspecified atom stereocenters. The molecule has 0 aromatic heterocycles. The van der Waals surface area contributed by atoms with Crippen molar-refractivity contribution < 1.29 is 14.7 Å². The average molecular weight is 256 g/mol. The number of carboxylic acid groups (broad SMARTS) is 1. The summed E-state index contributed by atoms with van der Waals surface area (Å²) in [4.78, 5) is 22.8. The first-order chi connectivity index (χ1) is 8.45. The highest BCUT2D eigenvalue weighted by Crippen LogP contribution is 2.24. The number of carbonyl (C=O) groups is 2. The first-order valence-electron chi connectivity index (χ1n) is 6.74. The number of hydrogen-bond acceptors (Lipinski definition) is 3. The molecule has 1 rings (SSSR count). The summed E-state index contributed by atoms with van der Waals surface area (Å²) >= 11 is 0. The minimum absolute atomic E-state index is 0.0394. The van der Waals surface area contributed by atoms with Gasteiger partial charge in [-0.25, -0.2) is 0 Å². The van der Waals surface area contributed by atoms with Crippen molar-refractivity contribution in [2.75, 3.05) is 0 Å². The van der Waals surface area contributed by atoms with Gasteiger partial charge in [0.15, 0.2) is 0 Å². The molecule has 1 aliphatic rings. The van der Waals surface area contributed by atoms with Gasteiger partial charge in [-0.15, -0.1) is 0 Å². The molecule has 4 N–H and O–H groups in total. The van der Waals surface area contributed by atoms with E-state index in [9.17, 15) is 9.59 Å². The van der Waals surface area contributed by atoms with Gasteiger partial charge in [0.1, 0.15) is 0 Å². The number of nitrogens with two attached hydrogens (primary N) is 1. The van der Waals surface area contributed by atoms with E-state index in [1.807, 2.05) is 13.8 Å². The molecular weight excluding hydrogens is 232 g/mol. The molecule has 0 saturated heterocycles. The SMILES string of the molecule is CC[C@H](C)[C@H](N)C(=O)NC1CCCC(C(=O)O)C1. The van der Waals surface area contributed by atoms with E-state index in [0.29, 0.717) is 12.8 Å². The third kappa shape index (κ3) is 3.98. The van der Waals surface area contributed by atoms with Crippen LogP contribution in [0.2, 0.25) is 0 Å². The van der Waals surface area contributed by atoms with Crippen LogP contribution in [0.15, 0.2) is 0 Å². The third-order valence-corrected chi connectivity index (χ3v) is 3.93. The summed E-state index contributed by atoms with van der Waals surface area (Å²) in [6.45, 7) is 3.95. The largest absolute Gasteiger partial charge is 0.481 e. The monoisotopic (exact) mass is 256 g/mol. The van der Waals surface area contributed by atoms with Crippen molar-refractivity contribution in [1.29, 1.82) is 0 Å². The van der Waals surface area contributed by atoms with Crippen LogP contribution in [0.1, 0.15) is 46.0 Å². The topological polar surface area (TPSA) is 92.4 Å². The van der Waals surface area contributed by atoms with E-state index < -0.39 is 12.0 Å². The van der Waals surface area contributed by atoms with Gasteiger partial charge >= 0.3 is 5.97 Å². The minimum atomic E-state index is -0.764. The van der Waals surface area contributed by atoms with E-state index >= 15 is 0 Å². The van der Waals surface area contributed by atoms with Crippen LogP contribution in [0.3, 0.4) is 0 Å². The highest BCUT2D eigenvalue weighted by atomic mass is 16.4. The molecule has 0 heterocycles. The van der Waals surface area contributed by atoms with Gasteiger partial charge in [-0.05, 0) is 25.2 Å². The van der Waals surface area contributed by atoms with E-state index in [1.165, 1.54) is 0 Å². The van der Waals surface area contributed by atoms with Crippen LogP contribution < -0.4 is 11.1 Å². The van der Waals surface area contributed by atoms with Crippen molar-refractivity contribution in [3.63, 3.8) is 0 Å². The van der Waals surface area contributed by atoms with Crippen LogP contribution in [-0.2, 0) is 9.59 Å². The minimum Gasteiger partial charge on any atom is -0.481 e. The molecule has 1 amide bonds. The van der Waals surface area contributed by atoms with Gasteiger partial charge in [0.25, 0.3) is 0 Å². The quantitative estimate of drug-likeness (QED) is 0.687. The Morgan fingerprint density at radius 2 is 2.11 bits per heavy atom.